The second-order valence-electron chi connectivity index (χ2n) is 5.11. The Kier molecular flexibility index (Phi) is 2.98. The van der Waals surface area contributed by atoms with Gasteiger partial charge in [-0.1, -0.05) is 24.3 Å². The van der Waals surface area contributed by atoms with E-state index in [2.05, 4.69) is 5.32 Å². The SMILES string of the molecule is NC(=O)C1CNCCN1C(=O)C1Cc2ccccc21. The number of nitrogens with one attached hydrogen (secondary N) is 1. The van der Waals surface area contributed by atoms with E-state index in [1.54, 1.807) is 4.90 Å². The summed E-state index contributed by atoms with van der Waals surface area (Å²) in [6.45, 7) is 1.71. The van der Waals surface area contributed by atoms with Gasteiger partial charge in [-0.3, -0.25) is 9.59 Å². The molecule has 0 aromatic heterocycles. The summed E-state index contributed by atoms with van der Waals surface area (Å²) in [6, 6.07) is 7.44. The molecule has 0 radical (unpaired) electrons. The van der Waals surface area contributed by atoms with E-state index in [9.17, 15) is 9.59 Å². The van der Waals surface area contributed by atoms with Crippen LogP contribution in [-0.2, 0) is 16.0 Å². The van der Waals surface area contributed by atoms with Crippen LogP contribution in [0.25, 0.3) is 0 Å². The van der Waals surface area contributed by atoms with Crippen molar-refractivity contribution in [3.8, 4) is 0 Å². The number of nitrogens with zero attached hydrogens (tertiary/aromatic N) is 1. The van der Waals surface area contributed by atoms with E-state index in [-0.39, 0.29) is 11.8 Å². The molecule has 5 heteroatoms. The van der Waals surface area contributed by atoms with Crippen molar-refractivity contribution in [1.82, 2.24) is 10.2 Å². The van der Waals surface area contributed by atoms with Crippen molar-refractivity contribution in [2.75, 3.05) is 19.6 Å². The molecular weight excluding hydrogens is 242 g/mol. The van der Waals surface area contributed by atoms with Crippen molar-refractivity contribution in [1.29, 1.82) is 0 Å². The molecule has 1 saturated heterocycles. The highest BCUT2D eigenvalue weighted by Gasteiger charge is 2.39. The highest BCUT2D eigenvalue weighted by molar-refractivity contribution is 5.92. The van der Waals surface area contributed by atoms with Crippen LogP contribution in [0.3, 0.4) is 0 Å². The molecule has 0 spiro atoms. The number of benzene rings is 1. The Hall–Kier alpha value is -1.88. The third kappa shape index (κ3) is 2.00. The first kappa shape index (κ1) is 12.2. The predicted octanol–water partition coefficient (Wildman–Crippen LogP) is -0.388. The zero-order valence-electron chi connectivity index (χ0n) is 10.6. The van der Waals surface area contributed by atoms with Crippen LogP contribution in [0.2, 0.25) is 0 Å². The lowest BCUT2D eigenvalue weighted by molar-refractivity contribution is -0.142. The Balaban J connectivity index is 1.79. The molecule has 3 rings (SSSR count). The van der Waals surface area contributed by atoms with E-state index in [4.69, 9.17) is 5.73 Å². The molecule has 0 bridgehead atoms. The summed E-state index contributed by atoms with van der Waals surface area (Å²) >= 11 is 0. The number of nitrogens with two attached hydrogens (primary N) is 1. The summed E-state index contributed by atoms with van der Waals surface area (Å²) in [5, 5.41) is 3.10. The second kappa shape index (κ2) is 4.66. The number of carbonyl (C=O) groups is 2. The molecule has 3 N–H and O–H groups in total. The molecule has 1 heterocycles. The quantitative estimate of drug-likeness (QED) is 0.759. The van der Waals surface area contributed by atoms with E-state index >= 15 is 0 Å². The fourth-order valence-electron chi connectivity index (χ4n) is 2.90. The summed E-state index contributed by atoms with van der Waals surface area (Å²) in [4.78, 5) is 25.6. The number of carbonyl (C=O) groups excluding carboxylic acids is 2. The first-order valence-electron chi connectivity index (χ1n) is 6.57. The molecule has 2 unspecified atom stereocenters. The van der Waals surface area contributed by atoms with Crippen LogP contribution in [0.15, 0.2) is 24.3 Å². The lowest BCUT2D eigenvalue weighted by Crippen LogP contribution is -2.60. The molecule has 2 atom stereocenters. The van der Waals surface area contributed by atoms with Gasteiger partial charge in [0, 0.05) is 19.6 Å². The molecule has 0 saturated carbocycles. The average molecular weight is 259 g/mol. The van der Waals surface area contributed by atoms with E-state index in [0.29, 0.717) is 19.6 Å². The van der Waals surface area contributed by atoms with Crippen molar-refractivity contribution >= 4 is 11.8 Å². The fraction of sp³-hybridized carbons (Fsp3) is 0.429. The van der Waals surface area contributed by atoms with Crippen LogP contribution in [-0.4, -0.2) is 42.4 Å². The maximum absolute atomic E-state index is 12.5. The highest BCUT2D eigenvalue weighted by atomic mass is 16.2. The van der Waals surface area contributed by atoms with Crippen LogP contribution >= 0.6 is 0 Å². The van der Waals surface area contributed by atoms with Crippen LogP contribution in [0.5, 0.6) is 0 Å². The van der Waals surface area contributed by atoms with Gasteiger partial charge >= 0.3 is 0 Å². The van der Waals surface area contributed by atoms with E-state index < -0.39 is 11.9 Å². The van der Waals surface area contributed by atoms with Gasteiger partial charge in [0.15, 0.2) is 0 Å². The first-order chi connectivity index (χ1) is 9.18. The number of hydrogen-bond acceptors (Lipinski definition) is 3. The van der Waals surface area contributed by atoms with Crippen molar-refractivity contribution in [2.24, 2.45) is 5.73 Å². The first-order valence-corrected chi connectivity index (χ1v) is 6.57. The number of rotatable bonds is 2. The van der Waals surface area contributed by atoms with Gasteiger partial charge in [-0.15, -0.1) is 0 Å². The Morgan fingerprint density at radius 1 is 1.32 bits per heavy atom. The maximum Gasteiger partial charge on any atom is 0.241 e. The second-order valence-corrected chi connectivity index (χ2v) is 5.11. The molecule has 100 valence electrons. The van der Waals surface area contributed by atoms with Crippen molar-refractivity contribution < 1.29 is 9.59 Å². The summed E-state index contributed by atoms with van der Waals surface area (Å²) in [5.41, 5.74) is 7.70. The van der Waals surface area contributed by atoms with Crippen molar-refractivity contribution in [3.63, 3.8) is 0 Å². The highest BCUT2D eigenvalue weighted by Crippen LogP contribution is 2.36. The van der Waals surface area contributed by atoms with Gasteiger partial charge in [-0.05, 0) is 17.5 Å². The molecule has 19 heavy (non-hydrogen) atoms. The molecule has 1 aromatic rings. The van der Waals surface area contributed by atoms with Gasteiger partial charge in [-0.25, -0.2) is 0 Å². The van der Waals surface area contributed by atoms with Crippen LogP contribution < -0.4 is 11.1 Å². The molecule has 1 aromatic carbocycles. The van der Waals surface area contributed by atoms with Gasteiger partial charge in [0.05, 0.1) is 5.92 Å². The smallest absolute Gasteiger partial charge is 0.241 e. The van der Waals surface area contributed by atoms with Gasteiger partial charge in [0.2, 0.25) is 11.8 Å². The average Bonchev–Trinajstić information content (AvgIpc) is 2.40. The zero-order valence-corrected chi connectivity index (χ0v) is 10.6. The Morgan fingerprint density at radius 2 is 2.11 bits per heavy atom. The fourth-order valence-corrected chi connectivity index (χ4v) is 2.90. The number of amides is 2. The molecular formula is C14H17N3O2. The summed E-state index contributed by atoms with van der Waals surface area (Å²) in [7, 11) is 0. The van der Waals surface area contributed by atoms with E-state index in [1.165, 1.54) is 5.56 Å². The molecule has 1 aliphatic heterocycles. The zero-order chi connectivity index (χ0) is 13.4. The van der Waals surface area contributed by atoms with Gasteiger partial charge in [-0.2, -0.15) is 0 Å². The Bertz CT molecular complexity index is 529. The van der Waals surface area contributed by atoms with Gasteiger partial charge in [0.25, 0.3) is 0 Å². The summed E-state index contributed by atoms with van der Waals surface area (Å²) in [6.07, 6.45) is 0.768. The predicted molar refractivity (Wildman–Crippen MR) is 70.5 cm³/mol. The molecule has 2 aliphatic rings. The normalized spacial score (nSPS) is 25.4. The van der Waals surface area contributed by atoms with E-state index in [1.807, 2.05) is 24.3 Å². The summed E-state index contributed by atoms with van der Waals surface area (Å²) < 4.78 is 0. The minimum Gasteiger partial charge on any atom is -0.368 e. The largest absolute Gasteiger partial charge is 0.368 e. The lowest BCUT2D eigenvalue weighted by Gasteiger charge is -2.39. The Morgan fingerprint density at radius 3 is 2.84 bits per heavy atom. The van der Waals surface area contributed by atoms with Crippen LogP contribution in [0, 0.1) is 0 Å². The van der Waals surface area contributed by atoms with Gasteiger partial charge < -0.3 is 16.0 Å². The number of piperazine rings is 1. The summed E-state index contributed by atoms with van der Waals surface area (Å²) in [5.74, 6) is -0.506. The van der Waals surface area contributed by atoms with Gasteiger partial charge in [0.1, 0.15) is 6.04 Å². The van der Waals surface area contributed by atoms with Crippen molar-refractivity contribution in [3.05, 3.63) is 35.4 Å². The van der Waals surface area contributed by atoms with Crippen LogP contribution in [0.4, 0.5) is 0 Å². The minimum atomic E-state index is -0.519. The Labute approximate surface area is 111 Å². The van der Waals surface area contributed by atoms with E-state index in [0.717, 1.165) is 12.0 Å². The molecule has 2 amide bonds. The maximum atomic E-state index is 12.5. The number of hydrogen-bond donors (Lipinski definition) is 2. The lowest BCUT2D eigenvalue weighted by atomic mass is 9.76. The standard InChI is InChI=1S/C14H17N3O2/c15-13(18)12-8-16-5-6-17(12)14(19)11-7-9-3-1-2-4-10(9)11/h1-4,11-12,16H,5-8H2,(H2,15,18). The number of fused-ring (bicyclic) bond motifs is 1. The number of primary amides is 1. The third-order valence-corrected chi connectivity index (χ3v) is 4.01. The monoisotopic (exact) mass is 259 g/mol. The topological polar surface area (TPSA) is 75.4 Å². The van der Waals surface area contributed by atoms with Crippen LogP contribution in [0.1, 0.15) is 17.0 Å². The minimum absolute atomic E-state index is 0.0315. The molecule has 1 aliphatic carbocycles. The third-order valence-electron chi connectivity index (χ3n) is 4.01. The molecule has 5 nitrogen and oxygen atoms in total. The molecule has 1 fully saturated rings. The van der Waals surface area contributed by atoms with Crippen molar-refractivity contribution in [2.45, 2.75) is 18.4 Å².